The van der Waals surface area contributed by atoms with E-state index in [1.807, 2.05) is 6.26 Å². The average molecular weight is 265 g/mol. The van der Waals surface area contributed by atoms with Gasteiger partial charge in [-0.1, -0.05) is 19.3 Å². The lowest BCUT2D eigenvalue weighted by atomic mass is 9.96. The van der Waals surface area contributed by atoms with E-state index in [4.69, 9.17) is 9.05 Å². The number of hydrogen-bond acceptors (Lipinski definition) is 5. The fourth-order valence-corrected chi connectivity index (χ4v) is 4.19. The minimum absolute atomic E-state index is 0.287. The molecule has 94 valence electrons. The third-order valence-electron chi connectivity index (χ3n) is 2.77. The SMILES string of the molecule is COP(=O)(OC)C(=NC1CCCCC1)SC. The van der Waals surface area contributed by atoms with Gasteiger partial charge in [-0.3, -0.25) is 9.56 Å². The summed E-state index contributed by atoms with van der Waals surface area (Å²) >= 11 is 1.36. The number of rotatable bonds is 4. The Kier molecular flexibility index (Phi) is 6.05. The van der Waals surface area contributed by atoms with Gasteiger partial charge in [0.15, 0.2) is 4.78 Å². The van der Waals surface area contributed by atoms with Gasteiger partial charge in [-0.25, -0.2) is 0 Å². The van der Waals surface area contributed by atoms with E-state index >= 15 is 0 Å². The van der Waals surface area contributed by atoms with Crippen LogP contribution in [0.1, 0.15) is 32.1 Å². The number of aliphatic imine (C=N–C) groups is 1. The van der Waals surface area contributed by atoms with Crippen molar-refractivity contribution in [3.63, 3.8) is 0 Å². The largest absolute Gasteiger partial charge is 0.385 e. The van der Waals surface area contributed by atoms with Crippen molar-refractivity contribution in [2.45, 2.75) is 38.1 Å². The van der Waals surface area contributed by atoms with Crippen LogP contribution < -0.4 is 0 Å². The summed E-state index contributed by atoms with van der Waals surface area (Å²) in [6.07, 6.45) is 7.72. The van der Waals surface area contributed by atoms with Gasteiger partial charge in [0.25, 0.3) is 0 Å². The highest BCUT2D eigenvalue weighted by atomic mass is 32.2. The molecule has 1 saturated carbocycles. The molecule has 0 atom stereocenters. The van der Waals surface area contributed by atoms with Gasteiger partial charge in [0, 0.05) is 14.2 Å². The molecule has 1 aliphatic rings. The summed E-state index contributed by atoms with van der Waals surface area (Å²) in [4.78, 5) is 5.04. The Morgan fingerprint density at radius 3 is 2.25 bits per heavy atom. The van der Waals surface area contributed by atoms with Crippen LogP contribution >= 0.6 is 19.4 Å². The highest BCUT2D eigenvalue weighted by molar-refractivity contribution is 8.25. The first-order valence-corrected chi connectivity index (χ1v) is 8.27. The van der Waals surface area contributed by atoms with E-state index in [0.717, 1.165) is 12.8 Å². The zero-order valence-electron chi connectivity index (χ0n) is 10.1. The molecule has 1 aliphatic carbocycles. The van der Waals surface area contributed by atoms with Crippen LogP contribution in [0.4, 0.5) is 0 Å². The van der Waals surface area contributed by atoms with Gasteiger partial charge in [0.05, 0.1) is 6.04 Å². The highest BCUT2D eigenvalue weighted by Crippen LogP contribution is 2.51. The minimum atomic E-state index is -3.14. The van der Waals surface area contributed by atoms with Gasteiger partial charge in [-0.2, -0.15) is 0 Å². The summed E-state index contributed by atoms with van der Waals surface area (Å²) in [5.41, 5.74) is 0. The van der Waals surface area contributed by atoms with Crippen molar-refractivity contribution in [2.75, 3.05) is 20.5 Å². The summed E-state index contributed by atoms with van der Waals surface area (Å²) in [6, 6.07) is 0.287. The third kappa shape index (κ3) is 3.59. The molecular weight excluding hydrogens is 245 g/mol. The van der Waals surface area contributed by atoms with E-state index in [1.165, 1.54) is 45.2 Å². The maximum atomic E-state index is 12.2. The van der Waals surface area contributed by atoms with E-state index in [-0.39, 0.29) is 6.04 Å². The van der Waals surface area contributed by atoms with Crippen LogP contribution in [-0.2, 0) is 13.6 Å². The Labute approximate surface area is 102 Å². The van der Waals surface area contributed by atoms with Crippen LogP contribution in [-0.4, -0.2) is 31.3 Å². The Bertz CT molecular complexity index is 282. The van der Waals surface area contributed by atoms with Crippen LogP contribution in [0.15, 0.2) is 4.99 Å². The molecule has 0 aromatic rings. The number of thioether (sulfide) groups is 1. The molecule has 0 heterocycles. The van der Waals surface area contributed by atoms with Crippen LogP contribution in [0.25, 0.3) is 0 Å². The molecule has 0 N–H and O–H groups in total. The van der Waals surface area contributed by atoms with Crippen molar-refractivity contribution in [3.8, 4) is 0 Å². The first-order chi connectivity index (χ1) is 7.66. The van der Waals surface area contributed by atoms with E-state index in [2.05, 4.69) is 4.99 Å². The fourth-order valence-electron chi connectivity index (χ4n) is 1.83. The van der Waals surface area contributed by atoms with Gasteiger partial charge in [0.1, 0.15) is 0 Å². The zero-order chi connectivity index (χ0) is 12.0. The highest BCUT2D eigenvalue weighted by Gasteiger charge is 2.30. The van der Waals surface area contributed by atoms with Crippen LogP contribution in [0, 0.1) is 0 Å². The Morgan fingerprint density at radius 2 is 1.81 bits per heavy atom. The second kappa shape index (κ2) is 6.80. The molecule has 0 radical (unpaired) electrons. The summed E-state index contributed by atoms with van der Waals surface area (Å²) < 4.78 is 22.1. The van der Waals surface area contributed by atoms with E-state index < -0.39 is 7.60 Å². The van der Waals surface area contributed by atoms with Crippen LogP contribution in [0.3, 0.4) is 0 Å². The predicted octanol–water partition coefficient (Wildman–Crippen LogP) is 3.52. The van der Waals surface area contributed by atoms with Crippen molar-refractivity contribution in [3.05, 3.63) is 0 Å². The van der Waals surface area contributed by atoms with Gasteiger partial charge in [-0.15, -0.1) is 11.8 Å². The van der Waals surface area contributed by atoms with E-state index in [1.54, 1.807) is 0 Å². The summed E-state index contributed by atoms with van der Waals surface area (Å²) in [6.45, 7) is 0. The van der Waals surface area contributed by atoms with Crippen molar-refractivity contribution in [1.29, 1.82) is 0 Å². The van der Waals surface area contributed by atoms with Crippen molar-refractivity contribution < 1.29 is 13.6 Å². The van der Waals surface area contributed by atoms with Gasteiger partial charge in [-0.05, 0) is 19.1 Å². The standard InChI is InChI=1S/C10H20NO3PS/c1-13-15(12,14-2)10(16-3)11-9-7-5-4-6-8-9/h9H,4-8H2,1-3H3. The Morgan fingerprint density at radius 1 is 1.25 bits per heavy atom. The molecule has 0 saturated heterocycles. The minimum Gasteiger partial charge on any atom is -0.307 e. The fraction of sp³-hybridized carbons (Fsp3) is 0.900. The molecule has 0 aliphatic heterocycles. The smallest absolute Gasteiger partial charge is 0.307 e. The lowest BCUT2D eigenvalue weighted by molar-refractivity contribution is 0.290. The van der Waals surface area contributed by atoms with Crippen molar-refractivity contribution >= 4 is 24.1 Å². The molecule has 0 spiro atoms. The molecule has 0 bridgehead atoms. The summed E-state index contributed by atoms with van der Waals surface area (Å²) in [5.74, 6) is 0. The Balaban J connectivity index is 2.78. The molecular formula is C10H20NO3PS. The lowest BCUT2D eigenvalue weighted by Crippen LogP contribution is -2.12. The monoisotopic (exact) mass is 265 g/mol. The molecule has 0 aromatic carbocycles. The molecule has 1 fully saturated rings. The second-order valence-electron chi connectivity index (χ2n) is 3.77. The quantitative estimate of drug-likeness (QED) is 0.443. The molecule has 0 aromatic heterocycles. The molecule has 16 heavy (non-hydrogen) atoms. The maximum absolute atomic E-state index is 12.2. The molecule has 6 heteroatoms. The number of hydrogen-bond donors (Lipinski definition) is 0. The second-order valence-corrected chi connectivity index (χ2v) is 7.02. The predicted molar refractivity (Wildman–Crippen MR) is 69.4 cm³/mol. The normalized spacial score (nSPS) is 20.1. The molecule has 1 rings (SSSR count). The number of nitrogens with zero attached hydrogens (tertiary/aromatic N) is 1. The lowest BCUT2D eigenvalue weighted by Gasteiger charge is -2.21. The molecule has 4 nitrogen and oxygen atoms in total. The maximum Gasteiger partial charge on any atom is 0.385 e. The van der Waals surface area contributed by atoms with Crippen LogP contribution in [0.2, 0.25) is 0 Å². The first-order valence-electron chi connectivity index (χ1n) is 5.50. The summed E-state index contributed by atoms with van der Waals surface area (Å²) in [7, 11) is -0.346. The summed E-state index contributed by atoms with van der Waals surface area (Å²) in [5, 5.41) is 0. The third-order valence-corrected chi connectivity index (χ3v) is 6.00. The molecule has 0 amide bonds. The zero-order valence-corrected chi connectivity index (χ0v) is 11.9. The first kappa shape index (κ1) is 14.2. The topological polar surface area (TPSA) is 47.9 Å². The van der Waals surface area contributed by atoms with Crippen molar-refractivity contribution in [1.82, 2.24) is 0 Å². The van der Waals surface area contributed by atoms with Crippen molar-refractivity contribution in [2.24, 2.45) is 4.99 Å². The van der Waals surface area contributed by atoms with Crippen LogP contribution in [0.5, 0.6) is 0 Å². The Hall–Kier alpha value is 0.170. The van der Waals surface area contributed by atoms with E-state index in [0.29, 0.717) is 4.78 Å². The molecule has 0 unspecified atom stereocenters. The average Bonchev–Trinajstić information content (AvgIpc) is 2.36. The van der Waals surface area contributed by atoms with E-state index in [9.17, 15) is 4.57 Å². The van der Waals surface area contributed by atoms with Gasteiger partial charge < -0.3 is 9.05 Å². The van der Waals surface area contributed by atoms with Gasteiger partial charge >= 0.3 is 7.60 Å². The van der Waals surface area contributed by atoms with Gasteiger partial charge in [0.2, 0.25) is 0 Å².